The lowest BCUT2D eigenvalue weighted by atomic mass is 10.1. The number of carboxylic acid groups (broad SMARTS) is 1. The van der Waals surface area contributed by atoms with Gasteiger partial charge in [0.05, 0.1) is 5.92 Å². The summed E-state index contributed by atoms with van der Waals surface area (Å²) >= 11 is 0. The molecule has 2 heterocycles. The molecule has 0 aliphatic carbocycles. The second-order valence-corrected chi connectivity index (χ2v) is 2.64. The smallest absolute Gasteiger partial charge is 0.308 e. The Hall–Kier alpha value is -1.10. The summed E-state index contributed by atoms with van der Waals surface area (Å²) in [5.41, 5.74) is 0. The molecule has 1 aromatic heterocycles. The Balaban J connectivity index is 0.000000720. The maximum Gasteiger partial charge on any atom is 0.308 e. The van der Waals surface area contributed by atoms with Crippen LogP contribution in [0.4, 0.5) is 0 Å². The van der Waals surface area contributed by atoms with Crippen molar-refractivity contribution in [2.45, 2.75) is 13.0 Å². The molecule has 1 aliphatic heterocycles. The molecule has 66 valence electrons. The van der Waals surface area contributed by atoms with Crippen molar-refractivity contribution in [3.63, 3.8) is 0 Å². The quantitative estimate of drug-likeness (QED) is 0.673. The first-order valence-electron chi connectivity index (χ1n) is 3.37. The summed E-state index contributed by atoms with van der Waals surface area (Å²) in [5.74, 6) is -0.284. The molecule has 1 aromatic rings. The van der Waals surface area contributed by atoms with Crippen LogP contribution in [0.3, 0.4) is 0 Å². The molecule has 12 heavy (non-hydrogen) atoms. The Morgan fingerprint density at radius 2 is 2.50 bits per heavy atom. The van der Waals surface area contributed by atoms with Gasteiger partial charge in [-0.1, -0.05) is 0 Å². The van der Waals surface area contributed by atoms with Crippen molar-refractivity contribution in [1.29, 1.82) is 0 Å². The van der Waals surface area contributed by atoms with E-state index in [4.69, 9.17) is 5.11 Å². The Labute approximate surface area is 74.8 Å². The SMILES string of the molecule is Cl.O=C(O)C1Cc2nncn2C1. The van der Waals surface area contributed by atoms with E-state index in [9.17, 15) is 4.79 Å². The number of aromatic nitrogens is 3. The Morgan fingerprint density at radius 3 is 3.08 bits per heavy atom. The molecule has 5 nitrogen and oxygen atoms in total. The van der Waals surface area contributed by atoms with Gasteiger partial charge in [0.15, 0.2) is 0 Å². The van der Waals surface area contributed by atoms with Crippen molar-refractivity contribution in [3.05, 3.63) is 12.2 Å². The van der Waals surface area contributed by atoms with Gasteiger partial charge in [0.25, 0.3) is 0 Å². The summed E-state index contributed by atoms with van der Waals surface area (Å²) in [6, 6.07) is 0. The van der Waals surface area contributed by atoms with Crippen molar-refractivity contribution in [3.8, 4) is 0 Å². The molecular weight excluding hydrogens is 182 g/mol. The third-order valence-electron chi connectivity index (χ3n) is 1.89. The van der Waals surface area contributed by atoms with Crippen molar-refractivity contribution in [1.82, 2.24) is 14.8 Å². The summed E-state index contributed by atoms with van der Waals surface area (Å²) in [6.45, 7) is 0.512. The zero-order valence-electron chi connectivity index (χ0n) is 6.17. The number of hydrogen-bond acceptors (Lipinski definition) is 3. The van der Waals surface area contributed by atoms with Crippen LogP contribution in [0.2, 0.25) is 0 Å². The van der Waals surface area contributed by atoms with Crippen LogP contribution in [0, 0.1) is 5.92 Å². The average molecular weight is 190 g/mol. The van der Waals surface area contributed by atoms with Gasteiger partial charge in [-0.3, -0.25) is 4.79 Å². The topological polar surface area (TPSA) is 68.0 Å². The first kappa shape index (κ1) is 8.99. The van der Waals surface area contributed by atoms with Gasteiger partial charge in [-0.25, -0.2) is 0 Å². The fourth-order valence-electron chi connectivity index (χ4n) is 1.28. The van der Waals surface area contributed by atoms with E-state index in [2.05, 4.69) is 10.2 Å². The van der Waals surface area contributed by atoms with E-state index in [0.717, 1.165) is 5.82 Å². The van der Waals surface area contributed by atoms with Gasteiger partial charge < -0.3 is 9.67 Å². The predicted molar refractivity (Wildman–Crippen MR) is 42.1 cm³/mol. The van der Waals surface area contributed by atoms with E-state index in [1.54, 1.807) is 10.9 Å². The molecule has 0 spiro atoms. The highest BCUT2D eigenvalue weighted by Gasteiger charge is 2.27. The van der Waals surface area contributed by atoms with Crippen molar-refractivity contribution in [2.24, 2.45) is 5.92 Å². The van der Waals surface area contributed by atoms with Gasteiger partial charge in [-0.2, -0.15) is 0 Å². The molecule has 6 heteroatoms. The van der Waals surface area contributed by atoms with Gasteiger partial charge in [0, 0.05) is 13.0 Å². The highest BCUT2D eigenvalue weighted by atomic mass is 35.5. The van der Waals surface area contributed by atoms with E-state index >= 15 is 0 Å². The fraction of sp³-hybridized carbons (Fsp3) is 0.500. The first-order valence-corrected chi connectivity index (χ1v) is 3.37. The molecule has 0 fully saturated rings. The van der Waals surface area contributed by atoms with Gasteiger partial charge >= 0.3 is 5.97 Å². The van der Waals surface area contributed by atoms with Crippen LogP contribution < -0.4 is 0 Å². The third kappa shape index (κ3) is 1.27. The van der Waals surface area contributed by atoms with E-state index < -0.39 is 5.97 Å². The molecule has 1 unspecified atom stereocenters. The van der Waals surface area contributed by atoms with E-state index in [-0.39, 0.29) is 18.3 Å². The lowest BCUT2D eigenvalue weighted by Crippen LogP contribution is -2.14. The summed E-state index contributed by atoms with van der Waals surface area (Å²) in [6.07, 6.45) is 2.08. The highest BCUT2D eigenvalue weighted by Crippen LogP contribution is 2.17. The molecule has 0 amide bonds. The summed E-state index contributed by atoms with van der Waals surface area (Å²) in [7, 11) is 0. The van der Waals surface area contributed by atoms with Gasteiger partial charge in [-0.15, -0.1) is 22.6 Å². The van der Waals surface area contributed by atoms with Crippen LogP contribution in [0.5, 0.6) is 0 Å². The average Bonchev–Trinajstić information content (AvgIpc) is 2.40. The molecule has 2 rings (SSSR count). The summed E-state index contributed by atoms with van der Waals surface area (Å²) in [5, 5.41) is 16.1. The normalized spacial score (nSPS) is 19.8. The van der Waals surface area contributed by atoms with Crippen molar-refractivity contribution >= 4 is 18.4 Å². The Morgan fingerprint density at radius 1 is 1.75 bits per heavy atom. The van der Waals surface area contributed by atoms with Crippen molar-refractivity contribution < 1.29 is 9.90 Å². The van der Waals surface area contributed by atoms with Gasteiger partial charge in [0.1, 0.15) is 12.2 Å². The summed E-state index contributed by atoms with van der Waals surface area (Å²) < 4.78 is 1.78. The van der Waals surface area contributed by atoms with Crippen LogP contribution in [-0.2, 0) is 17.8 Å². The molecule has 0 bridgehead atoms. The third-order valence-corrected chi connectivity index (χ3v) is 1.89. The molecule has 0 saturated carbocycles. The number of halogens is 1. The minimum absolute atomic E-state index is 0. The zero-order valence-corrected chi connectivity index (χ0v) is 6.99. The number of fused-ring (bicyclic) bond motifs is 1. The fourth-order valence-corrected chi connectivity index (χ4v) is 1.28. The minimum Gasteiger partial charge on any atom is -0.481 e. The van der Waals surface area contributed by atoms with Gasteiger partial charge in [-0.05, 0) is 0 Å². The van der Waals surface area contributed by atoms with Gasteiger partial charge in [0.2, 0.25) is 0 Å². The monoisotopic (exact) mass is 189 g/mol. The summed E-state index contributed by atoms with van der Waals surface area (Å²) in [4.78, 5) is 10.5. The largest absolute Gasteiger partial charge is 0.481 e. The number of rotatable bonds is 1. The van der Waals surface area contributed by atoms with E-state index in [1.807, 2.05) is 0 Å². The standard InChI is InChI=1S/C6H7N3O2.ClH/c10-6(11)4-1-5-8-7-3-9(5)2-4;/h3-4H,1-2H2,(H,10,11);1H. The Bertz CT molecular complexity index is 278. The molecule has 0 radical (unpaired) electrons. The van der Waals surface area contributed by atoms with Crippen LogP contribution >= 0.6 is 12.4 Å². The van der Waals surface area contributed by atoms with Crippen LogP contribution in [-0.4, -0.2) is 25.8 Å². The lowest BCUT2D eigenvalue weighted by Gasteiger charge is -1.98. The van der Waals surface area contributed by atoms with E-state index in [1.165, 1.54) is 0 Å². The first-order chi connectivity index (χ1) is 5.27. The number of carboxylic acids is 1. The minimum atomic E-state index is -0.754. The van der Waals surface area contributed by atoms with Crippen LogP contribution in [0.15, 0.2) is 6.33 Å². The Kier molecular flexibility index (Phi) is 2.32. The highest BCUT2D eigenvalue weighted by molar-refractivity contribution is 5.85. The molecule has 0 aromatic carbocycles. The lowest BCUT2D eigenvalue weighted by molar-refractivity contribution is -0.141. The second kappa shape index (κ2) is 3.10. The number of aliphatic carboxylic acids is 1. The number of nitrogens with zero attached hydrogens (tertiary/aromatic N) is 3. The number of carbonyl (C=O) groups is 1. The molecule has 1 atom stereocenters. The predicted octanol–water partition coefficient (Wildman–Crippen LogP) is -0.0432. The zero-order chi connectivity index (χ0) is 7.84. The van der Waals surface area contributed by atoms with Crippen LogP contribution in [0.1, 0.15) is 5.82 Å². The maximum absolute atomic E-state index is 10.5. The molecule has 1 N–H and O–H groups in total. The number of hydrogen-bond donors (Lipinski definition) is 1. The molecular formula is C6H8ClN3O2. The maximum atomic E-state index is 10.5. The molecule has 1 aliphatic rings. The molecule has 0 saturated heterocycles. The second-order valence-electron chi connectivity index (χ2n) is 2.64. The van der Waals surface area contributed by atoms with E-state index in [0.29, 0.717) is 13.0 Å². The van der Waals surface area contributed by atoms with Crippen LogP contribution in [0.25, 0.3) is 0 Å². The van der Waals surface area contributed by atoms with Crippen molar-refractivity contribution in [2.75, 3.05) is 0 Å².